The standard InChI is InChI=1S/C11H19N3O2/c1-4-12-10-9(3)11(14-8-13-10)16-7-6-15-5-2/h8H,4-7H2,1-3H3,(H,12,13,14). The molecule has 1 heterocycles. The SMILES string of the molecule is CCNc1ncnc(OCCOCC)c1C. The Labute approximate surface area is 96.2 Å². The van der Waals surface area contributed by atoms with Crippen molar-refractivity contribution in [2.75, 3.05) is 31.7 Å². The highest BCUT2D eigenvalue weighted by atomic mass is 16.5. The van der Waals surface area contributed by atoms with Gasteiger partial charge in [0, 0.05) is 13.2 Å². The Kier molecular flexibility index (Phi) is 5.56. The second-order valence-corrected chi connectivity index (χ2v) is 3.23. The van der Waals surface area contributed by atoms with Crippen LogP contribution >= 0.6 is 0 Å². The predicted molar refractivity (Wildman–Crippen MR) is 62.9 cm³/mol. The Morgan fingerprint density at radius 2 is 2.06 bits per heavy atom. The van der Waals surface area contributed by atoms with Crippen molar-refractivity contribution in [1.29, 1.82) is 0 Å². The minimum atomic E-state index is 0.511. The predicted octanol–water partition coefficient (Wildman–Crippen LogP) is 1.63. The third-order valence-electron chi connectivity index (χ3n) is 2.05. The highest BCUT2D eigenvalue weighted by Crippen LogP contribution is 2.19. The van der Waals surface area contributed by atoms with Crippen molar-refractivity contribution in [3.8, 4) is 5.88 Å². The number of hydrogen-bond donors (Lipinski definition) is 1. The molecule has 5 heteroatoms. The average Bonchev–Trinajstić information content (AvgIpc) is 2.29. The molecule has 0 atom stereocenters. The fourth-order valence-electron chi connectivity index (χ4n) is 1.27. The van der Waals surface area contributed by atoms with Gasteiger partial charge in [0.2, 0.25) is 5.88 Å². The van der Waals surface area contributed by atoms with Crippen LogP contribution in [0.5, 0.6) is 5.88 Å². The van der Waals surface area contributed by atoms with Crippen molar-refractivity contribution >= 4 is 5.82 Å². The summed E-state index contributed by atoms with van der Waals surface area (Å²) < 4.78 is 10.7. The first kappa shape index (κ1) is 12.7. The van der Waals surface area contributed by atoms with Crippen molar-refractivity contribution in [2.45, 2.75) is 20.8 Å². The number of rotatable bonds is 7. The Balaban J connectivity index is 2.55. The number of anilines is 1. The number of nitrogens with zero attached hydrogens (tertiary/aromatic N) is 2. The third-order valence-corrected chi connectivity index (χ3v) is 2.05. The van der Waals surface area contributed by atoms with Gasteiger partial charge >= 0.3 is 0 Å². The van der Waals surface area contributed by atoms with Crippen LogP contribution in [0.15, 0.2) is 6.33 Å². The molecule has 1 aromatic heterocycles. The van der Waals surface area contributed by atoms with Crippen molar-refractivity contribution in [1.82, 2.24) is 9.97 Å². The second kappa shape index (κ2) is 7.00. The zero-order valence-corrected chi connectivity index (χ0v) is 10.1. The quantitative estimate of drug-likeness (QED) is 0.715. The van der Waals surface area contributed by atoms with Crippen molar-refractivity contribution in [3.05, 3.63) is 11.9 Å². The smallest absolute Gasteiger partial charge is 0.221 e. The number of hydrogen-bond acceptors (Lipinski definition) is 5. The molecular weight excluding hydrogens is 206 g/mol. The summed E-state index contributed by atoms with van der Waals surface area (Å²) >= 11 is 0. The van der Waals surface area contributed by atoms with E-state index in [0.717, 1.165) is 17.9 Å². The van der Waals surface area contributed by atoms with E-state index in [0.29, 0.717) is 25.7 Å². The van der Waals surface area contributed by atoms with E-state index < -0.39 is 0 Å². The van der Waals surface area contributed by atoms with E-state index in [-0.39, 0.29) is 0 Å². The fourth-order valence-corrected chi connectivity index (χ4v) is 1.27. The Hall–Kier alpha value is -1.36. The fraction of sp³-hybridized carbons (Fsp3) is 0.636. The largest absolute Gasteiger partial charge is 0.475 e. The van der Waals surface area contributed by atoms with Crippen LogP contribution in [0.2, 0.25) is 0 Å². The highest BCUT2D eigenvalue weighted by Gasteiger charge is 2.06. The van der Waals surface area contributed by atoms with Crippen LogP contribution in [-0.4, -0.2) is 36.3 Å². The summed E-state index contributed by atoms with van der Waals surface area (Å²) in [5.41, 5.74) is 0.931. The summed E-state index contributed by atoms with van der Waals surface area (Å²) in [6.45, 7) is 8.54. The van der Waals surface area contributed by atoms with E-state index in [9.17, 15) is 0 Å². The lowest BCUT2D eigenvalue weighted by molar-refractivity contribution is 0.108. The minimum Gasteiger partial charge on any atom is -0.475 e. The summed E-state index contributed by atoms with van der Waals surface area (Å²) in [5.74, 6) is 1.44. The molecule has 0 saturated carbocycles. The molecule has 1 aromatic rings. The van der Waals surface area contributed by atoms with E-state index in [1.165, 1.54) is 6.33 Å². The summed E-state index contributed by atoms with van der Waals surface area (Å²) in [6.07, 6.45) is 1.50. The van der Waals surface area contributed by atoms with Crippen LogP contribution in [0.1, 0.15) is 19.4 Å². The Morgan fingerprint density at radius 1 is 1.25 bits per heavy atom. The van der Waals surface area contributed by atoms with Gasteiger partial charge < -0.3 is 14.8 Å². The molecule has 0 aliphatic carbocycles. The molecule has 90 valence electrons. The molecule has 1 N–H and O–H groups in total. The van der Waals surface area contributed by atoms with Gasteiger partial charge in [-0.3, -0.25) is 0 Å². The van der Waals surface area contributed by atoms with Crippen LogP contribution < -0.4 is 10.1 Å². The first-order valence-corrected chi connectivity index (χ1v) is 5.55. The summed E-state index contributed by atoms with van der Waals surface area (Å²) in [7, 11) is 0. The molecule has 0 aliphatic heterocycles. The summed E-state index contributed by atoms with van der Waals surface area (Å²) in [6, 6.07) is 0. The molecule has 0 fully saturated rings. The van der Waals surface area contributed by atoms with Crippen LogP contribution in [0.4, 0.5) is 5.82 Å². The van der Waals surface area contributed by atoms with Gasteiger partial charge in [0.15, 0.2) is 0 Å². The summed E-state index contributed by atoms with van der Waals surface area (Å²) in [5, 5.41) is 3.16. The molecule has 16 heavy (non-hydrogen) atoms. The second-order valence-electron chi connectivity index (χ2n) is 3.23. The molecule has 0 spiro atoms. The highest BCUT2D eigenvalue weighted by molar-refractivity contribution is 5.47. The molecule has 1 rings (SSSR count). The van der Waals surface area contributed by atoms with Gasteiger partial charge in [-0.05, 0) is 20.8 Å². The molecule has 0 bridgehead atoms. The van der Waals surface area contributed by atoms with Crippen LogP contribution in [0, 0.1) is 6.92 Å². The van der Waals surface area contributed by atoms with Crippen molar-refractivity contribution < 1.29 is 9.47 Å². The van der Waals surface area contributed by atoms with E-state index >= 15 is 0 Å². The van der Waals surface area contributed by atoms with Crippen LogP contribution in [-0.2, 0) is 4.74 Å². The first-order valence-electron chi connectivity index (χ1n) is 5.55. The lowest BCUT2D eigenvalue weighted by Crippen LogP contribution is -2.10. The van der Waals surface area contributed by atoms with Crippen molar-refractivity contribution in [3.63, 3.8) is 0 Å². The van der Waals surface area contributed by atoms with E-state index in [1.54, 1.807) is 0 Å². The molecule has 5 nitrogen and oxygen atoms in total. The normalized spacial score (nSPS) is 10.2. The summed E-state index contributed by atoms with van der Waals surface area (Å²) in [4.78, 5) is 8.23. The van der Waals surface area contributed by atoms with Gasteiger partial charge in [0.25, 0.3) is 0 Å². The topological polar surface area (TPSA) is 56.3 Å². The maximum Gasteiger partial charge on any atom is 0.221 e. The van der Waals surface area contributed by atoms with E-state index in [4.69, 9.17) is 9.47 Å². The van der Waals surface area contributed by atoms with Crippen LogP contribution in [0.25, 0.3) is 0 Å². The Morgan fingerprint density at radius 3 is 2.75 bits per heavy atom. The van der Waals surface area contributed by atoms with Crippen LogP contribution in [0.3, 0.4) is 0 Å². The number of nitrogens with one attached hydrogen (secondary N) is 1. The molecule has 0 saturated heterocycles. The Bertz CT molecular complexity index is 318. The average molecular weight is 225 g/mol. The lowest BCUT2D eigenvalue weighted by Gasteiger charge is -2.11. The molecular formula is C11H19N3O2. The first-order chi connectivity index (χ1) is 7.79. The minimum absolute atomic E-state index is 0.511. The third kappa shape index (κ3) is 3.66. The van der Waals surface area contributed by atoms with Gasteiger partial charge in [-0.2, -0.15) is 0 Å². The number of aromatic nitrogens is 2. The van der Waals surface area contributed by atoms with Gasteiger partial charge in [-0.1, -0.05) is 0 Å². The lowest BCUT2D eigenvalue weighted by atomic mass is 10.3. The van der Waals surface area contributed by atoms with Gasteiger partial charge in [0.1, 0.15) is 18.8 Å². The van der Waals surface area contributed by atoms with Gasteiger partial charge in [0.05, 0.1) is 12.2 Å². The van der Waals surface area contributed by atoms with E-state index in [2.05, 4.69) is 15.3 Å². The van der Waals surface area contributed by atoms with Gasteiger partial charge in [-0.25, -0.2) is 9.97 Å². The molecule has 0 unspecified atom stereocenters. The zero-order valence-electron chi connectivity index (χ0n) is 10.1. The zero-order chi connectivity index (χ0) is 11.8. The molecule has 0 aliphatic rings. The van der Waals surface area contributed by atoms with Crippen molar-refractivity contribution in [2.24, 2.45) is 0 Å². The number of ether oxygens (including phenoxy) is 2. The molecule has 0 aromatic carbocycles. The maximum absolute atomic E-state index is 5.51. The van der Waals surface area contributed by atoms with E-state index in [1.807, 2.05) is 20.8 Å². The maximum atomic E-state index is 5.51. The molecule has 0 radical (unpaired) electrons. The van der Waals surface area contributed by atoms with Gasteiger partial charge in [-0.15, -0.1) is 0 Å². The molecule has 0 amide bonds. The monoisotopic (exact) mass is 225 g/mol.